The number of imide groups is 1. The number of rotatable bonds is 5. The van der Waals surface area contributed by atoms with Gasteiger partial charge in [-0.1, -0.05) is 37.6 Å². The lowest BCUT2D eigenvalue weighted by Gasteiger charge is -2.41. The lowest BCUT2D eigenvalue weighted by molar-refractivity contribution is -0.144. The Bertz CT molecular complexity index is 1400. The summed E-state index contributed by atoms with van der Waals surface area (Å²) in [5.41, 5.74) is -1.67. The highest BCUT2D eigenvalue weighted by atomic mass is 35.5. The number of piperidine rings is 1. The van der Waals surface area contributed by atoms with E-state index in [1.807, 2.05) is 0 Å². The molecule has 12 heteroatoms. The minimum Gasteiger partial charge on any atom is -0.341 e. The van der Waals surface area contributed by atoms with Crippen molar-refractivity contribution in [3.63, 3.8) is 0 Å². The van der Waals surface area contributed by atoms with Gasteiger partial charge in [0, 0.05) is 25.2 Å². The molecule has 1 unspecified atom stereocenters. The van der Waals surface area contributed by atoms with Crippen molar-refractivity contribution in [2.24, 2.45) is 11.3 Å². The van der Waals surface area contributed by atoms with E-state index in [0.717, 1.165) is 10.5 Å². The Hall–Kier alpha value is -3.47. The number of alkyl halides is 3. The second-order valence-electron chi connectivity index (χ2n) is 11.0. The van der Waals surface area contributed by atoms with E-state index in [9.17, 15) is 36.7 Å². The Morgan fingerprint density at radius 3 is 2.27 bits per heavy atom. The van der Waals surface area contributed by atoms with E-state index in [-0.39, 0.29) is 37.7 Å². The zero-order valence-electron chi connectivity index (χ0n) is 22.9. The standard InChI is InChI=1S/C29H30ClF4N3O4/c1-15(2)23(35-24(38)19-14-18(29(32,33)34)6-8-21(19)31)26(40)37-11-9-28(10-12-37)22(25(39)36(4)27(28)41)17-5-7-20(30)16(3)13-17/h5-8,13-15,22-23H,9-12H2,1-4H3,(H,35,38)/t22?,23-/m1/s1. The first-order valence-electron chi connectivity index (χ1n) is 13.1. The van der Waals surface area contributed by atoms with Gasteiger partial charge in [0.2, 0.25) is 17.7 Å². The molecule has 2 atom stereocenters. The summed E-state index contributed by atoms with van der Waals surface area (Å²) in [7, 11) is 1.43. The number of likely N-dealkylation sites (tertiary alicyclic amines) is 2. The third-order valence-corrected chi connectivity index (χ3v) is 8.53. The van der Waals surface area contributed by atoms with Crippen molar-refractivity contribution in [1.82, 2.24) is 15.1 Å². The molecule has 2 saturated heterocycles. The van der Waals surface area contributed by atoms with Crippen LogP contribution in [0.15, 0.2) is 36.4 Å². The third kappa shape index (κ3) is 5.56. The first-order valence-corrected chi connectivity index (χ1v) is 13.5. The number of likely N-dealkylation sites (N-methyl/N-ethyl adjacent to an activating group) is 1. The van der Waals surface area contributed by atoms with Crippen LogP contribution in [0.25, 0.3) is 0 Å². The van der Waals surface area contributed by atoms with E-state index in [4.69, 9.17) is 11.6 Å². The highest BCUT2D eigenvalue weighted by Gasteiger charge is 2.59. The zero-order chi connectivity index (χ0) is 30.4. The second kappa shape index (κ2) is 11.1. The van der Waals surface area contributed by atoms with Crippen LogP contribution in [0.2, 0.25) is 5.02 Å². The van der Waals surface area contributed by atoms with Gasteiger partial charge in [-0.2, -0.15) is 13.2 Å². The van der Waals surface area contributed by atoms with Gasteiger partial charge in [-0.25, -0.2) is 4.39 Å². The molecule has 41 heavy (non-hydrogen) atoms. The maximum Gasteiger partial charge on any atom is 0.416 e. The summed E-state index contributed by atoms with van der Waals surface area (Å²) in [6, 6.07) is 5.53. The van der Waals surface area contributed by atoms with Gasteiger partial charge in [-0.15, -0.1) is 0 Å². The Kier molecular flexibility index (Phi) is 8.23. The summed E-state index contributed by atoms with van der Waals surface area (Å²) < 4.78 is 53.7. The van der Waals surface area contributed by atoms with Gasteiger partial charge >= 0.3 is 6.18 Å². The van der Waals surface area contributed by atoms with Crippen LogP contribution in [-0.4, -0.2) is 59.6 Å². The normalized spacial score (nSPS) is 19.7. The number of carbonyl (C=O) groups is 4. The number of amides is 4. The van der Waals surface area contributed by atoms with Crippen molar-refractivity contribution in [2.45, 2.75) is 51.7 Å². The summed E-state index contributed by atoms with van der Waals surface area (Å²) in [6.07, 6.45) is -4.42. The molecule has 0 bridgehead atoms. The topological polar surface area (TPSA) is 86.8 Å². The quantitative estimate of drug-likeness (QED) is 0.391. The van der Waals surface area contributed by atoms with E-state index in [0.29, 0.717) is 28.8 Å². The number of nitrogens with zero attached hydrogens (tertiary/aromatic N) is 2. The van der Waals surface area contributed by atoms with Gasteiger partial charge in [-0.3, -0.25) is 24.1 Å². The van der Waals surface area contributed by atoms with Gasteiger partial charge in [0.05, 0.1) is 22.5 Å². The van der Waals surface area contributed by atoms with Crippen LogP contribution in [0.1, 0.15) is 59.7 Å². The predicted molar refractivity (Wildman–Crippen MR) is 142 cm³/mol. The minimum absolute atomic E-state index is 0.103. The number of hydrogen-bond acceptors (Lipinski definition) is 4. The summed E-state index contributed by atoms with van der Waals surface area (Å²) in [5.74, 6) is -4.72. The van der Waals surface area contributed by atoms with Crippen molar-refractivity contribution < 1.29 is 36.7 Å². The fourth-order valence-corrected chi connectivity index (χ4v) is 5.85. The fraction of sp³-hybridized carbons (Fsp3) is 0.448. The molecule has 0 radical (unpaired) electrons. The number of hydrogen-bond donors (Lipinski definition) is 1. The molecule has 2 aliphatic rings. The monoisotopic (exact) mass is 595 g/mol. The Morgan fingerprint density at radius 2 is 1.71 bits per heavy atom. The largest absolute Gasteiger partial charge is 0.416 e. The first-order chi connectivity index (χ1) is 19.1. The van der Waals surface area contributed by atoms with E-state index >= 15 is 0 Å². The van der Waals surface area contributed by atoms with Crippen molar-refractivity contribution >= 4 is 35.2 Å². The molecular formula is C29H30ClF4N3O4. The smallest absolute Gasteiger partial charge is 0.341 e. The molecule has 220 valence electrons. The van der Waals surface area contributed by atoms with Gasteiger partial charge in [-0.05, 0) is 61.1 Å². The molecule has 2 aromatic rings. The van der Waals surface area contributed by atoms with E-state index in [1.54, 1.807) is 39.0 Å². The molecule has 0 aliphatic carbocycles. The Morgan fingerprint density at radius 1 is 1.07 bits per heavy atom. The summed E-state index contributed by atoms with van der Waals surface area (Å²) in [5, 5.41) is 2.93. The molecule has 4 rings (SSSR count). The minimum atomic E-state index is -4.78. The molecule has 2 heterocycles. The molecule has 2 aromatic carbocycles. The van der Waals surface area contributed by atoms with E-state index < -0.39 is 58.2 Å². The van der Waals surface area contributed by atoms with Crippen LogP contribution < -0.4 is 5.32 Å². The summed E-state index contributed by atoms with van der Waals surface area (Å²) >= 11 is 6.17. The molecule has 0 saturated carbocycles. The summed E-state index contributed by atoms with van der Waals surface area (Å²) in [4.78, 5) is 55.5. The maximum absolute atomic E-state index is 14.3. The average Bonchev–Trinajstić information content (AvgIpc) is 3.08. The summed E-state index contributed by atoms with van der Waals surface area (Å²) in [6.45, 7) is 5.29. The van der Waals surface area contributed by atoms with E-state index in [2.05, 4.69) is 5.32 Å². The Labute approximate surface area is 239 Å². The predicted octanol–water partition coefficient (Wildman–Crippen LogP) is 4.95. The highest BCUT2D eigenvalue weighted by molar-refractivity contribution is 6.31. The van der Waals surface area contributed by atoms with E-state index in [1.165, 1.54) is 11.9 Å². The van der Waals surface area contributed by atoms with Crippen molar-refractivity contribution in [1.29, 1.82) is 0 Å². The molecule has 1 N–H and O–H groups in total. The Balaban J connectivity index is 1.54. The zero-order valence-corrected chi connectivity index (χ0v) is 23.7. The number of nitrogens with one attached hydrogen (secondary N) is 1. The molecule has 7 nitrogen and oxygen atoms in total. The van der Waals surface area contributed by atoms with Gasteiger partial charge in [0.25, 0.3) is 5.91 Å². The van der Waals surface area contributed by atoms with Crippen molar-refractivity contribution in [2.75, 3.05) is 20.1 Å². The van der Waals surface area contributed by atoms with Crippen LogP contribution >= 0.6 is 11.6 Å². The number of benzene rings is 2. The molecule has 1 spiro atoms. The highest BCUT2D eigenvalue weighted by Crippen LogP contribution is 2.51. The molecule has 2 aliphatic heterocycles. The van der Waals surface area contributed by atoms with Gasteiger partial charge < -0.3 is 10.2 Å². The van der Waals surface area contributed by atoms with Crippen molar-refractivity contribution in [3.05, 3.63) is 69.5 Å². The molecule has 4 amide bonds. The lowest BCUT2D eigenvalue weighted by atomic mass is 9.67. The molecular weight excluding hydrogens is 566 g/mol. The van der Waals surface area contributed by atoms with Crippen LogP contribution in [0.3, 0.4) is 0 Å². The molecule has 0 aromatic heterocycles. The van der Waals surface area contributed by atoms with Gasteiger partial charge in [0.15, 0.2) is 0 Å². The average molecular weight is 596 g/mol. The lowest BCUT2D eigenvalue weighted by Crippen LogP contribution is -2.55. The van der Waals surface area contributed by atoms with Crippen LogP contribution in [0.5, 0.6) is 0 Å². The second-order valence-corrected chi connectivity index (χ2v) is 11.4. The first kappa shape index (κ1) is 30.5. The third-order valence-electron chi connectivity index (χ3n) is 8.10. The number of aryl methyl sites for hydroxylation is 1. The number of halogens is 5. The fourth-order valence-electron chi connectivity index (χ4n) is 5.73. The maximum atomic E-state index is 14.3. The van der Waals surface area contributed by atoms with Crippen LogP contribution in [-0.2, 0) is 20.6 Å². The molecule has 2 fully saturated rings. The van der Waals surface area contributed by atoms with Crippen LogP contribution in [0.4, 0.5) is 17.6 Å². The number of carbonyl (C=O) groups excluding carboxylic acids is 4. The SMILES string of the molecule is Cc1cc(C2C(=O)N(C)C(=O)C23CCN(C(=O)[C@H](NC(=O)c2cc(C(F)(F)F)ccc2F)C(C)C)CC3)ccc1Cl. The van der Waals surface area contributed by atoms with Crippen molar-refractivity contribution in [3.8, 4) is 0 Å². The van der Waals surface area contributed by atoms with Gasteiger partial charge in [0.1, 0.15) is 11.9 Å². The van der Waals surface area contributed by atoms with Crippen LogP contribution in [0, 0.1) is 24.1 Å².